The normalized spacial score (nSPS) is 26.7. The van der Waals surface area contributed by atoms with E-state index in [-0.39, 0.29) is 11.9 Å². The zero-order valence-corrected chi connectivity index (χ0v) is 14.1. The Balaban J connectivity index is 1.83. The number of sulfone groups is 1. The molecule has 0 spiro atoms. The molecule has 1 aliphatic carbocycles. The summed E-state index contributed by atoms with van der Waals surface area (Å²) in [5, 5.41) is 0. The Kier molecular flexibility index (Phi) is 4.27. The maximum Gasteiger partial charge on any atom is 0.341 e. The van der Waals surface area contributed by atoms with E-state index in [0.717, 1.165) is 24.9 Å². The molecule has 1 aromatic rings. The maximum atomic E-state index is 12.6. The Morgan fingerprint density at radius 3 is 2.58 bits per heavy atom. The Labute approximate surface area is 139 Å². The number of nitrogens with zero attached hydrogens (tertiary/aromatic N) is 1. The number of carbonyl (C=O) groups excluding carboxylic acids is 1. The van der Waals surface area contributed by atoms with E-state index in [9.17, 15) is 22.0 Å². The van der Waals surface area contributed by atoms with Crippen molar-refractivity contribution < 1.29 is 26.7 Å². The van der Waals surface area contributed by atoms with Gasteiger partial charge in [0.05, 0.1) is 17.4 Å². The lowest BCUT2D eigenvalue weighted by Crippen LogP contribution is -2.36. The zero-order chi connectivity index (χ0) is 17.5. The Hall–Kier alpha value is -1.70. The molecule has 0 amide bonds. The third kappa shape index (κ3) is 2.56. The predicted molar refractivity (Wildman–Crippen MR) is 83.6 cm³/mol. The number of carbonyl (C=O) groups is 1. The van der Waals surface area contributed by atoms with Crippen LogP contribution in [0.2, 0.25) is 0 Å². The minimum absolute atomic E-state index is 0.203. The van der Waals surface area contributed by atoms with E-state index in [4.69, 9.17) is 4.74 Å². The van der Waals surface area contributed by atoms with Crippen LogP contribution in [0.15, 0.2) is 29.2 Å². The van der Waals surface area contributed by atoms with E-state index in [2.05, 4.69) is 0 Å². The summed E-state index contributed by atoms with van der Waals surface area (Å²) in [6, 6.07) is 5.41. The molecule has 1 aliphatic heterocycles. The highest BCUT2D eigenvalue weighted by molar-refractivity contribution is 7.91. The van der Waals surface area contributed by atoms with E-state index >= 15 is 0 Å². The molecule has 0 bridgehead atoms. The van der Waals surface area contributed by atoms with Crippen LogP contribution in [0.4, 0.5) is 14.5 Å². The SMILES string of the molecule is COC(=O)C12CCCC1CN(c1ccc(S(=O)(=O)C(F)F)cc1)C2. The van der Waals surface area contributed by atoms with Gasteiger partial charge in [0.25, 0.3) is 0 Å². The lowest BCUT2D eigenvalue weighted by atomic mass is 9.81. The molecule has 2 fully saturated rings. The van der Waals surface area contributed by atoms with Gasteiger partial charge in [-0.05, 0) is 43.0 Å². The molecule has 5 nitrogen and oxygen atoms in total. The minimum Gasteiger partial charge on any atom is -0.469 e. The van der Waals surface area contributed by atoms with Crippen molar-refractivity contribution in [1.82, 2.24) is 0 Å². The van der Waals surface area contributed by atoms with Gasteiger partial charge in [-0.3, -0.25) is 4.79 Å². The molecule has 132 valence electrons. The Morgan fingerprint density at radius 1 is 1.33 bits per heavy atom. The average molecular weight is 359 g/mol. The smallest absolute Gasteiger partial charge is 0.341 e. The number of anilines is 1. The van der Waals surface area contributed by atoms with Crippen LogP contribution in [0.5, 0.6) is 0 Å². The van der Waals surface area contributed by atoms with Gasteiger partial charge in [0, 0.05) is 18.8 Å². The Morgan fingerprint density at radius 2 is 2.00 bits per heavy atom. The topological polar surface area (TPSA) is 63.7 Å². The molecule has 2 aliphatic rings. The summed E-state index contributed by atoms with van der Waals surface area (Å²) in [6.45, 7) is 1.18. The molecular weight excluding hydrogens is 340 g/mol. The molecular formula is C16H19F2NO4S. The van der Waals surface area contributed by atoms with Crippen molar-refractivity contribution in [3.63, 3.8) is 0 Å². The minimum atomic E-state index is -4.59. The zero-order valence-electron chi connectivity index (χ0n) is 13.2. The number of hydrogen-bond donors (Lipinski definition) is 0. The molecule has 1 aromatic carbocycles. The van der Waals surface area contributed by atoms with Crippen LogP contribution in [0.1, 0.15) is 19.3 Å². The number of esters is 1. The van der Waals surface area contributed by atoms with Crippen LogP contribution < -0.4 is 4.90 Å². The number of methoxy groups -OCH3 is 1. The molecule has 3 rings (SSSR count). The first kappa shape index (κ1) is 17.1. The molecule has 24 heavy (non-hydrogen) atoms. The number of alkyl halides is 2. The fourth-order valence-electron chi connectivity index (χ4n) is 3.97. The monoisotopic (exact) mass is 359 g/mol. The second-order valence-corrected chi connectivity index (χ2v) is 8.33. The number of fused-ring (bicyclic) bond motifs is 1. The molecule has 1 saturated carbocycles. The first-order valence-electron chi connectivity index (χ1n) is 7.77. The number of benzene rings is 1. The highest BCUT2D eigenvalue weighted by atomic mass is 32.2. The van der Waals surface area contributed by atoms with E-state index < -0.39 is 25.9 Å². The summed E-state index contributed by atoms with van der Waals surface area (Å²) in [4.78, 5) is 13.8. The quantitative estimate of drug-likeness (QED) is 0.773. The molecule has 1 heterocycles. The highest BCUT2D eigenvalue weighted by Gasteiger charge is 2.55. The van der Waals surface area contributed by atoms with Gasteiger partial charge in [-0.1, -0.05) is 6.42 Å². The van der Waals surface area contributed by atoms with E-state index in [1.54, 1.807) is 0 Å². The van der Waals surface area contributed by atoms with Gasteiger partial charge in [-0.2, -0.15) is 8.78 Å². The van der Waals surface area contributed by atoms with Gasteiger partial charge < -0.3 is 9.64 Å². The van der Waals surface area contributed by atoms with E-state index in [0.29, 0.717) is 13.1 Å². The summed E-state index contributed by atoms with van der Waals surface area (Å²) in [5.41, 5.74) is 0.212. The third-order valence-electron chi connectivity index (χ3n) is 5.23. The molecule has 0 radical (unpaired) electrons. The summed E-state index contributed by atoms with van der Waals surface area (Å²) >= 11 is 0. The molecule has 2 unspecified atom stereocenters. The number of ether oxygens (including phenoxy) is 1. The van der Waals surface area contributed by atoms with E-state index in [1.807, 2.05) is 4.90 Å². The molecule has 0 N–H and O–H groups in total. The van der Waals surface area contributed by atoms with Crippen molar-refractivity contribution in [3.8, 4) is 0 Å². The largest absolute Gasteiger partial charge is 0.469 e. The number of halogens is 2. The summed E-state index contributed by atoms with van der Waals surface area (Å²) in [5.74, 6) is -3.43. The van der Waals surface area contributed by atoms with Crippen LogP contribution in [0.25, 0.3) is 0 Å². The lowest BCUT2D eigenvalue weighted by molar-refractivity contribution is -0.152. The maximum absolute atomic E-state index is 12.6. The molecule has 8 heteroatoms. The standard InChI is InChI=1S/C16H19F2NO4S/c1-23-14(20)16-8-2-3-11(16)9-19(10-16)12-4-6-13(7-5-12)24(21,22)15(17)18/h4-7,11,15H,2-3,8-10H2,1H3. The van der Waals surface area contributed by atoms with E-state index in [1.165, 1.54) is 31.4 Å². The fraction of sp³-hybridized carbons (Fsp3) is 0.562. The van der Waals surface area contributed by atoms with Crippen LogP contribution in [-0.2, 0) is 19.4 Å². The van der Waals surface area contributed by atoms with Crippen molar-refractivity contribution in [2.24, 2.45) is 11.3 Å². The van der Waals surface area contributed by atoms with Crippen LogP contribution in [0, 0.1) is 11.3 Å². The van der Waals surface area contributed by atoms with Gasteiger partial charge in [0.2, 0.25) is 9.84 Å². The molecule has 2 atom stereocenters. The second kappa shape index (κ2) is 5.98. The number of hydrogen-bond acceptors (Lipinski definition) is 5. The van der Waals surface area contributed by atoms with Crippen LogP contribution >= 0.6 is 0 Å². The lowest BCUT2D eigenvalue weighted by Gasteiger charge is -2.26. The van der Waals surface area contributed by atoms with Crippen LogP contribution in [-0.4, -0.2) is 40.3 Å². The van der Waals surface area contributed by atoms with Gasteiger partial charge in [-0.15, -0.1) is 0 Å². The van der Waals surface area contributed by atoms with Crippen molar-refractivity contribution >= 4 is 21.5 Å². The second-order valence-electron chi connectivity index (χ2n) is 6.42. The molecule has 0 aromatic heterocycles. The average Bonchev–Trinajstić information content (AvgIpc) is 3.12. The van der Waals surface area contributed by atoms with Crippen molar-refractivity contribution in [2.45, 2.75) is 29.9 Å². The Bertz CT molecular complexity index is 735. The summed E-state index contributed by atoms with van der Waals surface area (Å²) in [7, 11) is -3.20. The molecule has 1 saturated heterocycles. The fourth-order valence-corrected chi connectivity index (χ4v) is 4.69. The predicted octanol–water partition coefficient (Wildman–Crippen LogP) is 2.46. The number of rotatable bonds is 4. The summed E-state index contributed by atoms with van der Waals surface area (Å²) in [6.07, 6.45) is 2.71. The van der Waals surface area contributed by atoms with Crippen molar-refractivity contribution in [3.05, 3.63) is 24.3 Å². The first-order valence-corrected chi connectivity index (χ1v) is 9.31. The third-order valence-corrected chi connectivity index (χ3v) is 6.63. The van der Waals surface area contributed by atoms with Crippen LogP contribution in [0.3, 0.4) is 0 Å². The highest BCUT2D eigenvalue weighted by Crippen LogP contribution is 2.50. The van der Waals surface area contributed by atoms with Gasteiger partial charge in [0.1, 0.15) is 0 Å². The van der Waals surface area contributed by atoms with Gasteiger partial charge >= 0.3 is 11.7 Å². The van der Waals surface area contributed by atoms with Gasteiger partial charge in [-0.25, -0.2) is 8.42 Å². The van der Waals surface area contributed by atoms with Gasteiger partial charge in [0.15, 0.2) is 0 Å². The van der Waals surface area contributed by atoms with Crippen molar-refractivity contribution in [1.29, 1.82) is 0 Å². The first-order chi connectivity index (χ1) is 11.3. The summed E-state index contributed by atoms with van der Waals surface area (Å²) < 4.78 is 53.1. The van der Waals surface area contributed by atoms with Crippen molar-refractivity contribution in [2.75, 3.05) is 25.1 Å².